The number of methoxy groups -OCH3 is 1. The Labute approximate surface area is 169 Å². The molecule has 1 aromatic heterocycles. The largest absolute Gasteiger partial charge is 0.497 e. The van der Waals surface area contributed by atoms with Gasteiger partial charge in [-0.15, -0.1) is 0 Å². The highest BCUT2D eigenvalue weighted by molar-refractivity contribution is 5.81. The number of rotatable bonds is 7. The summed E-state index contributed by atoms with van der Waals surface area (Å²) in [6.07, 6.45) is -0.607. The summed E-state index contributed by atoms with van der Waals surface area (Å²) in [4.78, 5) is 19.7. The first-order valence-electron chi connectivity index (χ1n) is 9.49. The van der Waals surface area contributed by atoms with Gasteiger partial charge in [0.2, 0.25) is 0 Å². The van der Waals surface area contributed by atoms with Crippen LogP contribution in [0.25, 0.3) is 22.3 Å². The van der Waals surface area contributed by atoms with E-state index in [4.69, 9.17) is 9.47 Å². The number of β-amino-alcohol motifs (C(OH)–C–C–N with tert-alkyl or cyclic N) is 1. The van der Waals surface area contributed by atoms with E-state index in [0.717, 1.165) is 5.56 Å². The van der Waals surface area contributed by atoms with Crippen LogP contribution in [0.5, 0.6) is 11.5 Å². The Balaban J connectivity index is 1.69. The number of ether oxygens (including phenoxy) is 2. The van der Waals surface area contributed by atoms with Crippen molar-refractivity contribution in [1.82, 2.24) is 15.3 Å². The van der Waals surface area contributed by atoms with E-state index in [-0.39, 0.29) is 17.7 Å². The predicted octanol–water partition coefficient (Wildman–Crippen LogP) is 2.73. The van der Waals surface area contributed by atoms with Crippen LogP contribution in [0.15, 0.2) is 47.3 Å². The highest BCUT2D eigenvalue weighted by atomic mass is 16.5. The lowest BCUT2D eigenvalue weighted by Gasteiger charge is -2.23. The Hall–Kier alpha value is -2.90. The van der Waals surface area contributed by atoms with E-state index in [9.17, 15) is 9.90 Å². The van der Waals surface area contributed by atoms with Crippen molar-refractivity contribution in [1.29, 1.82) is 0 Å². The van der Waals surface area contributed by atoms with Crippen LogP contribution in [0.4, 0.5) is 0 Å². The summed E-state index contributed by atoms with van der Waals surface area (Å²) in [6.45, 7) is 6.77. The van der Waals surface area contributed by atoms with Crippen LogP contribution < -0.4 is 20.3 Å². The fraction of sp³-hybridized carbons (Fsp3) is 0.364. The van der Waals surface area contributed by atoms with Crippen molar-refractivity contribution in [3.63, 3.8) is 0 Å². The molecule has 7 nitrogen and oxygen atoms in total. The average molecular weight is 397 g/mol. The smallest absolute Gasteiger partial charge is 0.259 e. The van der Waals surface area contributed by atoms with Crippen molar-refractivity contribution in [3.8, 4) is 22.9 Å². The summed E-state index contributed by atoms with van der Waals surface area (Å²) in [6, 6.07) is 12.4. The number of nitrogens with zero attached hydrogens (tertiary/aromatic N) is 1. The number of hydrogen-bond acceptors (Lipinski definition) is 6. The normalized spacial score (nSPS) is 12.7. The molecule has 0 aliphatic rings. The van der Waals surface area contributed by atoms with Gasteiger partial charge in [0.25, 0.3) is 5.56 Å². The third-order valence-corrected chi connectivity index (χ3v) is 4.35. The zero-order valence-electron chi connectivity index (χ0n) is 17.2. The van der Waals surface area contributed by atoms with Crippen molar-refractivity contribution in [2.75, 3.05) is 20.3 Å². The SMILES string of the molecule is COc1ccc2nc(-c3ccc(OCC(O)CNC(C)(C)C)cc3)[nH]c(=O)c2c1. The van der Waals surface area contributed by atoms with Gasteiger partial charge in [-0.3, -0.25) is 4.79 Å². The van der Waals surface area contributed by atoms with E-state index >= 15 is 0 Å². The maximum absolute atomic E-state index is 12.4. The first-order valence-corrected chi connectivity index (χ1v) is 9.49. The third-order valence-electron chi connectivity index (χ3n) is 4.35. The van der Waals surface area contributed by atoms with Crippen molar-refractivity contribution >= 4 is 10.9 Å². The maximum Gasteiger partial charge on any atom is 0.259 e. The van der Waals surface area contributed by atoms with Gasteiger partial charge in [-0.05, 0) is 63.2 Å². The lowest BCUT2D eigenvalue weighted by molar-refractivity contribution is 0.100. The maximum atomic E-state index is 12.4. The highest BCUT2D eigenvalue weighted by Crippen LogP contribution is 2.22. The van der Waals surface area contributed by atoms with Gasteiger partial charge in [-0.25, -0.2) is 4.98 Å². The van der Waals surface area contributed by atoms with Crippen LogP contribution in [0.2, 0.25) is 0 Å². The molecule has 1 atom stereocenters. The highest BCUT2D eigenvalue weighted by Gasteiger charge is 2.13. The van der Waals surface area contributed by atoms with Crippen molar-refractivity contribution < 1.29 is 14.6 Å². The number of benzene rings is 2. The number of nitrogens with one attached hydrogen (secondary N) is 2. The number of aromatic amines is 1. The molecule has 3 aromatic rings. The number of aliphatic hydroxyl groups is 1. The molecule has 0 spiro atoms. The Morgan fingerprint density at radius 2 is 1.83 bits per heavy atom. The third kappa shape index (κ3) is 5.56. The number of fused-ring (bicyclic) bond motifs is 1. The molecule has 0 saturated carbocycles. The van der Waals surface area contributed by atoms with Crippen LogP contribution in [0.1, 0.15) is 20.8 Å². The molecule has 0 aliphatic heterocycles. The average Bonchev–Trinajstić information content (AvgIpc) is 2.70. The molecule has 7 heteroatoms. The van der Waals surface area contributed by atoms with Crippen LogP contribution in [-0.4, -0.2) is 47.0 Å². The van der Waals surface area contributed by atoms with E-state index in [1.54, 1.807) is 37.4 Å². The topological polar surface area (TPSA) is 96.5 Å². The van der Waals surface area contributed by atoms with E-state index in [1.165, 1.54) is 0 Å². The van der Waals surface area contributed by atoms with Crippen molar-refractivity contribution in [2.24, 2.45) is 0 Å². The molecule has 2 aromatic carbocycles. The summed E-state index contributed by atoms with van der Waals surface area (Å²) < 4.78 is 10.8. The second-order valence-electron chi connectivity index (χ2n) is 7.92. The van der Waals surface area contributed by atoms with Gasteiger partial charge in [0.15, 0.2) is 0 Å². The molecule has 154 valence electrons. The van der Waals surface area contributed by atoms with Gasteiger partial charge in [0, 0.05) is 17.6 Å². The zero-order valence-corrected chi connectivity index (χ0v) is 17.2. The number of aliphatic hydroxyl groups excluding tert-OH is 1. The molecule has 29 heavy (non-hydrogen) atoms. The molecule has 1 heterocycles. The number of aromatic nitrogens is 2. The fourth-order valence-electron chi connectivity index (χ4n) is 2.77. The fourth-order valence-corrected chi connectivity index (χ4v) is 2.77. The van der Waals surface area contributed by atoms with Crippen LogP contribution >= 0.6 is 0 Å². The summed E-state index contributed by atoms with van der Waals surface area (Å²) in [7, 11) is 1.56. The quantitative estimate of drug-likeness (QED) is 0.567. The minimum absolute atomic E-state index is 0.0580. The van der Waals surface area contributed by atoms with Gasteiger partial charge < -0.3 is 24.9 Å². The van der Waals surface area contributed by atoms with E-state index in [0.29, 0.717) is 34.8 Å². The molecule has 0 bridgehead atoms. The number of H-pyrrole nitrogens is 1. The van der Waals surface area contributed by atoms with Gasteiger partial charge in [-0.2, -0.15) is 0 Å². The molecule has 0 fully saturated rings. The molecule has 0 amide bonds. The van der Waals surface area contributed by atoms with Crippen LogP contribution in [0, 0.1) is 0 Å². The van der Waals surface area contributed by atoms with Gasteiger partial charge in [-0.1, -0.05) is 0 Å². The van der Waals surface area contributed by atoms with Gasteiger partial charge in [0.1, 0.15) is 30.0 Å². The summed E-state index contributed by atoms with van der Waals surface area (Å²) in [5.74, 6) is 1.73. The molecular formula is C22H27N3O4. The molecule has 3 rings (SSSR count). The minimum Gasteiger partial charge on any atom is -0.497 e. The first-order chi connectivity index (χ1) is 13.7. The molecule has 0 saturated heterocycles. The van der Waals surface area contributed by atoms with Crippen molar-refractivity contribution in [2.45, 2.75) is 32.4 Å². The summed E-state index contributed by atoms with van der Waals surface area (Å²) in [5.41, 5.74) is 1.08. The Bertz CT molecular complexity index is 1020. The molecular weight excluding hydrogens is 370 g/mol. The Morgan fingerprint density at radius 3 is 2.48 bits per heavy atom. The second-order valence-corrected chi connectivity index (χ2v) is 7.92. The van der Waals surface area contributed by atoms with Crippen LogP contribution in [0.3, 0.4) is 0 Å². The minimum atomic E-state index is -0.607. The standard InChI is InChI=1S/C22H27N3O4/c1-22(2,3)23-12-15(26)13-29-16-7-5-14(6-8-16)20-24-19-10-9-17(28-4)11-18(19)21(27)25-20/h5-11,15,23,26H,12-13H2,1-4H3,(H,24,25,27). The summed E-state index contributed by atoms with van der Waals surface area (Å²) in [5, 5.41) is 13.7. The lowest BCUT2D eigenvalue weighted by atomic mass is 10.1. The van der Waals surface area contributed by atoms with E-state index in [1.807, 2.05) is 32.9 Å². The molecule has 0 aliphatic carbocycles. The Morgan fingerprint density at radius 1 is 1.14 bits per heavy atom. The van der Waals surface area contributed by atoms with Crippen molar-refractivity contribution in [3.05, 3.63) is 52.8 Å². The monoisotopic (exact) mass is 397 g/mol. The Kier molecular flexibility index (Phi) is 6.20. The summed E-state index contributed by atoms with van der Waals surface area (Å²) >= 11 is 0. The first kappa shape index (κ1) is 20.8. The zero-order chi connectivity index (χ0) is 21.0. The molecule has 0 radical (unpaired) electrons. The van der Waals surface area contributed by atoms with E-state index in [2.05, 4.69) is 15.3 Å². The predicted molar refractivity (Wildman–Crippen MR) is 114 cm³/mol. The molecule has 1 unspecified atom stereocenters. The number of hydrogen-bond donors (Lipinski definition) is 3. The van der Waals surface area contributed by atoms with Crippen LogP contribution in [-0.2, 0) is 0 Å². The van der Waals surface area contributed by atoms with E-state index < -0.39 is 6.10 Å². The van der Waals surface area contributed by atoms with Gasteiger partial charge >= 0.3 is 0 Å². The van der Waals surface area contributed by atoms with Gasteiger partial charge in [0.05, 0.1) is 18.0 Å². The lowest BCUT2D eigenvalue weighted by Crippen LogP contribution is -2.42. The molecule has 3 N–H and O–H groups in total. The second kappa shape index (κ2) is 8.63.